The third-order valence-corrected chi connectivity index (χ3v) is 3.86. The van der Waals surface area contributed by atoms with Crippen molar-refractivity contribution in [1.29, 1.82) is 0 Å². The van der Waals surface area contributed by atoms with Crippen LogP contribution in [0.5, 0.6) is 0 Å². The third-order valence-electron chi connectivity index (χ3n) is 3.86. The van der Waals surface area contributed by atoms with Crippen LogP contribution in [0.2, 0.25) is 0 Å². The fourth-order valence-corrected chi connectivity index (χ4v) is 2.67. The minimum atomic E-state index is -4.05. The van der Waals surface area contributed by atoms with E-state index in [0.29, 0.717) is 19.0 Å². The summed E-state index contributed by atoms with van der Waals surface area (Å²) in [5.41, 5.74) is 0. The molecule has 2 aliphatic rings. The number of nitrogens with one attached hydrogen (secondary N) is 1. The number of rotatable bonds is 5. The molecule has 1 aliphatic heterocycles. The summed E-state index contributed by atoms with van der Waals surface area (Å²) >= 11 is 0. The Labute approximate surface area is 101 Å². The highest BCUT2D eigenvalue weighted by molar-refractivity contribution is 4.80. The van der Waals surface area contributed by atoms with Gasteiger partial charge in [-0.2, -0.15) is 13.2 Å². The van der Waals surface area contributed by atoms with Crippen molar-refractivity contribution in [3.63, 3.8) is 0 Å². The maximum atomic E-state index is 12.2. The summed E-state index contributed by atoms with van der Waals surface area (Å²) in [5.74, 6) is 1.22. The average Bonchev–Trinajstić information content (AvgIpc) is 2.54. The number of nitrogens with zero attached hydrogens (tertiary/aromatic N) is 1. The predicted molar refractivity (Wildman–Crippen MR) is 60.8 cm³/mol. The number of hydrogen-bond acceptors (Lipinski definition) is 2. The normalized spacial score (nSPS) is 27.4. The molecule has 0 aromatic heterocycles. The van der Waals surface area contributed by atoms with Gasteiger partial charge >= 0.3 is 6.18 Å². The van der Waals surface area contributed by atoms with Gasteiger partial charge in [0, 0.05) is 6.54 Å². The zero-order valence-electron chi connectivity index (χ0n) is 10.1. The molecular weight excluding hydrogens is 229 g/mol. The highest BCUT2D eigenvalue weighted by Crippen LogP contribution is 2.26. The van der Waals surface area contributed by atoms with E-state index in [1.54, 1.807) is 0 Å². The zero-order valence-corrected chi connectivity index (χ0v) is 10.1. The molecule has 0 aromatic rings. The van der Waals surface area contributed by atoms with Gasteiger partial charge in [0.1, 0.15) is 0 Å². The number of alkyl halides is 3. The molecule has 2 rings (SSSR count). The zero-order chi connectivity index (χ0) is 12.3. The molecule has 1 atom stereocenters. The molecule has 1 N–H and O–H groups in total. The maximum absolute atomic E-state index is 12.2. The van der Waals surface area contributed by atoms with Gasteiger partial charge in [-0.25, -0.2) is 0 Å². The van der Waals surface area contributed by atoms with Gasteiger partial charge < -0.3 is 5.32 Å². The van der Waals surface area contributed by atoms with E-state index in [4.69, 9.17) is 0 Å². The molecule has 1 saturated heterocycles. The largest absolute Gasteiger partial charge is 0.401 e. The molecule has 2 nitrogen and oxygen atoms in total. The van der Waals surface area contributed by atoms with E-state index in [-0.39, 0.29) is 0 Å². The molecular formula is C12H21F3N2. The first-order valence-corrected chi connectivity index (χ1v) is 6.53. The Morgan fingerprint density at radius 3 is 2.35 bits per heavy atom. The summed E-state index contributed by atoms with van der Waals surface area (Å²) in [5, 5.41) is 3.40. The molecule has 0 radical (unpaired) electrons. The lowest BCUT2D eigenvalue weighted by atomic mass is 9.85. The van der Waals surface area contributed by atoms with Crippen LogP contribution in [0, 0.1) is 11.8 Å². The van der Waals surface area contributed by atoms with E-state index in [1.807, 2.05) is 0 Å². The molecule has 2 fully saturated rings. The molecule has 1 aliphatic carbocycles. The SMILES string of the molecule is FC(F)(F)CN1CCC(CNCC2CCC2)C1. The summed E-state index contributed by atoms with van der Waals surface area (Å²) in [6, 6.07) is 0. The summed E-state index contributed by atoms with van der Waals surface area (Å²) < 4.78 is 36.6. The third kappa shape index (κ3) is 4.47. The lowest BCUT2D eigenvalue weighted by molar-refractivity contribution is -0.143. The van der Waals surface area contributed by atoms with E-state index >= 15 is 0 Å². The van der Waals surface area contributed by atoms with Crippen molar-refractivity contribution in [2.24, 2.45) is 11.8 Å². The first-order chi connectivity index (χ1) is 8.03. The first kappa shape index (κ1) is 13.1. The van der Waals surface area contributed by atoms with Crippen molar-refractivity contribution in [2.75, 3.05) is 32.7 Å². The Balaban J connectivity index is 1.57. The van der Waals surface area contributed by atoms with Gasteiger partial charge in [0.2, 0.25) is 0 Å². The number of hydrogen-bond donors (Lipinski definition) is 1. The van der Waals surface area contributed by atoms with E-state index in [1.165, 1.54) is 24.2 Å². The van der Waals surface area contributed by atoms with E-state index < -0.39 is 12.7 Å². The van der Waals surface area contributed by atoms with Crippen molar-refractivity contribution in [1.82, 2.24) is 10.2 Å². The van der Waals surface area contributed by atoms with Crippen molar-refractivity contribution in [2.45, 2.75) is 31.9 Å². The number of likely N-dealkylation sites (tertiary alicyclic amines) is 1. The van der Waals surface area contributed by atoms with Gasteiger partial charge in [-0.15, -0.1) is 0 Å². The minimum absolute atomic E-state index is 0.400. The van der Waals surface area contributed by atoms with Crippen LogP contribution >= 0.6 is 0 Å². The van der Waals surface area contributed by atoms with Crippen molar-refractivity contribution >= 4 is 0 Å². The highest BCUT2D eigenvalue weighted by Gasteiger charge is 2.34. The molecule has 5 heteroatoms. The second kappa shape index (κ2) is 5.57. The van der Waals surface area contributed by atoms with Gasteiger partial charge in [-0.05, 0) is 50.7 Å². The first-order valence-electron chi connectivity index (χ1n) is 6.53. The van der Waals surface area contributed by atoms with E-state index in [9.17, 15) is 13.2 Å². The van der Waals surface area contributed by atoms with Crippen LogP contribution in [0.3, 0.4) is 0 Å². The molecule has 0 bridgehead atoms. The topological polar surface area (TPSA) is 15.3 Å². The fraction of sp³-hybridized carbons (Fsp3) is 1.00. The van der Waals surface area contributed by atoms with Gasteiger partial charge in [0.15, 0.2) is 0 Å². The summed E-state index contributed by atoms with van der Waals surface area (Å²) in [6.07, 6.45) is 0.826. The Bertz CT molecular complexity index is 238. The van der Waals surface area contributed by atoms with Gasteiger partial charge in [-0.1, -0.05) is 6.42 Å². The van der Waals surface area contributed by atoms with Crippen molar-refractivity contribution in [3.8, 4) is 0 Å². The second-order valence-corrected chi connectivity index (χ2v) is 5.46. The van der Waals surface area contributed by atoms with E-state index in [2.05, 4.69) is 5.32 Å². The summed E-state index contributed by atoms with van der Waals surface area (Å²) in [6.45, 7) is 2.37. The Morgan fingerprint density at radius 2 is 1.76 bits per heavy atom. The molecule has 100 valence electrons. The Kier molecular flexibility index (Phi) is 4.31. The second-order valence-electron chi connectivity index (χ2n) is 5.46. The van der Waals surface area contributed by atoms with Crippen LogP contribution in [0.4, 0.5) is 13.2 Å². The van der Waals surface area contributed by atoms with Crippen LogP contribution in [-0.2, 0) is 0 Å². The highest BCUT2D eigenvalue weighted by atomic mass is 19.4. The average molecular weight is 250 g/mol. The van der Waals surface area contributed by atoms with Crippen molar-refractivity contribution in [3.05, 3.63) is 0 Å². The van der Waals surface area contributed by atoms with Gasteiger partial charge in [0.25, 0.3) is 0 Å². The summed E-state index contributed by atoms with van der Waals surface area (Å²) in [4.78, 5) is 1.52. The quantitative estimate of drug-likeness (QED) is 0.805. The predicted octanol–water partition coefficient (Wildman–Crippen LogP) is 2.26. The molecule has 0 spiro atoms. The smallest absolute Gasteiger partial charge is 0.316 e. The molecule has 1 saturated carbocycles. The fourth-order valence-electron chi connectivity index (χ4n) is 2.67. The Hall–Kier alpha value is -0.290. The van der Waals surface area contributed by atoms with Crippen LogP contribution < -0.4 is 5.32 Å². The van der Waals surface area contributed by atoms with E-state index in [0.717, 1.165) is 25.4 Å². The number of halogens is 3. The maximum Gasteiger partial charge on any atom is 0.401 e. The van der Waals surface area contributed by atoms with Gasteiger partial charge in [0.05, 0.1) is 6.54 Å². The van der Waals surface area contributed by atoms with Crippen LogP contribution in [0.15, 0.2) is 0 Å². The van der Waals surface area contributed by atoms with Crippen LogP contribution in [0.25, 0.3) is 0 Å². The van der Waals surface area contributed by atoms with Crippen LogP contribution in [0.1, 0.15) is 25.7 Å². The molecule has 1 unspecified atom stereocenters. The van der Waals surface area contributed by atoms with Crippen molar-refractivity contribution < 1.29 is 13.2 Å². The lowest BCUT2D eigenvalue weighted by Gasteiger charge is -2.26. The summed E-state index contributed by atoms with van der Waals surface area (Å²) in [7, 11) is 0. The lowest BCUT2D eigenvalue weighted by Crippen LogP contribution is -2.35. The molecule has 0 aromatic carbocycles. The standard InChI is InChI=1S/C12H21F3N2/c13-12(14,15)9-17-5-4-11(8-17)7-16-6-10-2-1-3-10/h10-11,16H,1-9H2. The molecule has 17 heavy (non-hydrogen) atoms. The monoisotopic (exact) mass is 250 g/mol. The minimum Gasteiger partial charge on any atom is -0.316 e. The van der Waals surface area contributed by atoms with Crippen LogP contribution in [-0.4, -0.2) is 43.8 Å². The Morgan fingerprint density at radius 1 is 1.06 bits per heavy atom. The van der Waals surface area contributed by atoms with Gasteiger partial charge in [-0.3, -0.25) is 4.90 Å². The molecule has 1 heterocycles. The molecule has 0 amide bonds.